The first-order valence-electron chi connectivity index (χ1n) is 8.83. The predicted molar refractivity (Wildman–Crippen MR) is 87.4 cm³/mol. The molecule has 0 spiro atoms. The average molecular weight is 287 g/mol. The van der Waals surface area contributed by atoms with Crippen LogP contribution in [-0.4, -0.2) is 19.3 Å². The maximum absolute atomic E-state index is 5.89. The highest BCUT2D eigenvalue weighted by Gasteiger charge is 2.25. The van der Waals surface area contributed by atoms with Crippen molar-refractivity contribution < 1.29 is 4.74 Å². The van der Waals surface area contributed by atoms with E-state index >= 15 is 0 Å². The Morgan fingerprint density at radius 1 is 0.952 bits per heavy atom. The molecule has 1 N–H and O–H groups in total. The van der Waals surface area contributed by atoms with E-state index in [0.29, 0.717) is 12.1 Å². The zero-order valence-electron chi connectivity index (χ0n) is 13.1. The monoisotopic (exact) mass is 287 g/mol. The van der Waals surface area contributed by atoms with E-state index in [1.54, 1.807) is 0 Å². The van der Waals surface area contributed by atoms with Crippen molar-refractivity contribution in [2.75, 3.05) is 13.2 Å². The number of benzene rings is 1. The van der Waals surface area contributed by atoms with Gasteiger partial charge >= 0.3 is 0 Å². The average Bonchev–Trinajstić information content (AvgIpc) is 2.58. The van der Waals surface area contributed by atoms with Crippen LogP contribution in [0.5, 0.6) is 0 Å². The smallest absolute Gasteiger partial charge is 0.0699 e. The summed E-state index contributed by atoms with van der Waals surface area (Å²) in [6, 6.07) is 11.5. The van der Waals surface area contributed by atoms with Crippen molar-refractivity contribution in [3.63, 3.8) is 0 Å². The molecule has 116 valence electrons. The van der Waals surface area contributed by atoms with Crippen molar-refractivity contribution in [3.8, 4) is 0 Å². The van der Waals surface area contributed by atoms with Crippen LogP contribution >= 0.6 is 0 Å². The third-order valence-corrected chi connectivity index (χ3v) is 5.12. The highest BCUT2D eigenvalue weighted by molar-refractivity contribution is 5.20. The zero-order valence-corrected chi connectivity index (χ0v) is 13.1. The highest BCUT2D eigenvalue weighted by Crippen LogP contribution is 2.34. The fourth-order valence-corrected chi connectivity index (χ4v) is 3.91. The third-order valence-electron chi connectivity index (χ3n) is 5.12. The van der Waals surface area contributed by atoms with Gasteiger partial charge < -0.3 is 10.1 Å². The number of hydrogen-bond donors (Lipinski definition) is 1. The van der Waals surface area contributed by atoms with E-state index in [2.05, 4.69) is 35.6 Å². The Morgan fingerprint density at radius 2 is 1.71 bits per heavy atom. The molecule has 1 heterocycles. The summed E-state index contributed by atoms with van der Waals surface area (Å²) in [4.78, 5) is 0. The Hall–Kier alpha value is -0.860. The van der Waals surface area contributed by atoms with Gasteiger partial charge in [-0.25, -0.2) is 0 Å². The van der Waals surface area contributed by atoms with Crippen molar-refractivity contribution >= 4 is 0 Å². The second kappa shape index (κ2) is 7.95. The number of rotatable bonds is 5. The molecule has 21 heavy (non-hydrogen) atoms. The molecule has 1 aliphatic carbocycles. The molecule has 2 heteroatoms. The Balaban J connectivity index is 1.63. The third kappa shape index (κ3) is 4.31. The molecule has 0 radical (unpaired) electrons. The van der Waals surface area contributed by atoms with E-state index in [4.69, 9.17) is 4.74 Å². The van der Waals surface area contributed by atoms with Gasteiger partial charge in [0.2, 0.25) is 0 Å². The number of hydrogen-bond acceptors (Lipinski definition) is 2. The van der Waals surface area contributed by atoms with Crippen molar-refractivity contribution in [2.45, 2.75) is 63.5 Å². The topological polar surface area (TPSA) is 21.3 Å². The van der Waals surface area contributed by atoms with Crippen LogP contribution in [0.1, 0.15) is 63.0 Å². The lowest BCUT2D eigenvalue weighted by Crippen LogP contribution is -2.37. The van der Waals surface area contributed by atoms with Crippen molar-refractivity contribution in [1.82, 2.24) is 5.32 Å². The van der Waals surface area contributed by atoms with Crippen LogP contribution in [0, 0.1) is 5.92 Å². The molecular weight excluding hydrogens is 258 g/mol. The molecule has 2 aliphatic rings. The molecule has 1 aromatic carbocycles. The minimum absolute atomic E-state index is 0.425. The SMILES string of the molecule is c1ccc(C(NCC2CCCCO2)C2CCCCC2)cc1. The van der Waals surface area contributed by atoms with Crippen LogP contribution in [-0.2, 0) is 4.74 Å². The van der Waals surface area contributed by atoms with Crippen LogP contribution in [0.3, 0.4) is 0 Å². The van der Waals surface area contributed by atoms with E-state index in [9.17, 15) is 0 Å². The molecule has 1 aromatic rings. The lowest BCUT2D eigenvalue weighted by atomic mass is 9.81. The molecule has 2 nitrogen and oxygen atoms in total. The quantitative estimate of drug-likeness (QED) is 0.863. The first-order chi connectivity index (χ1) is 10.4. The Kier molecular flexibility index (Phi) is 5.70. The van der Waals surface area contributed by atoms with Crippen molar-refractivity contribution in [1.29, 1.82) is 0 Å². The minimum Gasteiger partial charge on any atom is -0.377 e. The van der Waals surface area contributed by atoms with Crippen molar-refractivity contribution in [3.05, 3.63) is 35.9 Å². The fraction of sp³-hybridized carbons (Fsp3) is 0.684. The largest absolute Gasteiger partial charge is 0.377 e. The summed E-state index contributed by atoms with van der Waals surface area (Å²) in [6.07, 6.45) is 11.2. The summed E-state index contributed by atoms with van der Waals surface area (Å²) in [6.45, 7) is 1.96. The summed E-state index contributed by atoms with van der Waals surface area (Å²) in [5, 5.41) is 3.85. The molecule has 0 aromatic heterocycles. The van der Waals surface area contributed by atoms with Gasteiger partial charge in [0.25, 0.3) is 0 Å². The van der Waals surface area contributed by atoms with Crippen LogP contribution < -0.4 is 5.32 Å². The van der Waals surface area contributed by atoms with Gasteiger partial charge in [-0.3, -0.25) is 0 Å². The second-order valence-corrected chi connectivity index (χ2v) is 6.68. The van der Waals surface area contributed by atoms with Crippen LogP contribution in [0.25, 0.3) is 0 Å². The van der Waals surface area contributed by atoms with Gasteiger partial charge in [0, 0.05) is 19.2 Å². The predicted octanol–water partition coefficient (Wildman–Crippen LogP) is 4.47. The molecular formula is C19H29NO. The van der Waals surface area contributed by atoms with Gasteiger partial charge in [-0.1, -0.05) is 49.6 Å². The van der Waals surface area contributed by atoms with Crippen molar-refractivity contribution in [2.24, 2.45) is 5.92 Å². The van der Waals surface area contributed by atoms with Gasteiger partial charge in [0.15, 0.2) is 0 Å². The standard InChI is InChI=1S/C19H29NO/c1-3-9-16(10-4-1)19(17-11-5-2-6-12-17)20-15-18-13-7-8-14-21-18/h1,3-4,9-10,17-20H,2,5-8,11-15H2. The summed E-state index contributed by atoms with van der Waals surface area (Å²) < 4.78 is 5.89. The zero-order chi connectivity index (χ0) is 14.3. The summed E-state index contributed by atoms with van der Waals surface area (Å²) in [7, 11) is 0. The molecule has 2 unspecified atom stereocenters. The van der Waals surface area contributed by atoms with Crippen LogP contribution in [0.2, 0.25) is 0 Å². The first-order valence-corrected chi connectivity index (χ1v) is 8.83. The first kappa shape index (κ1) is 15.1. The van der Waals surface area contributed by atoms with E-state index in [1.807, 2.05) is 0 Å². The molecule has 3 rings (SSSR count). The Morgan fingerprint density at radius 3 is 2.43 bits per heavy atom. The van der Waals surface area contributed by atoms with Gasteiger partial charge in [-0.05, 0) is 43.6 Å². The van der Waals surface area contributed by atoms with Crippen LogP contribution in [0.15, 0.2) is 30.3 Å². The molecule has 1 saturated heterocycles. The number of ether oxygens (including phenoxy) is 1. The van der Waals surface area contributed by atoms with Crippen LogP contribution in [0.4, 0.5) is 0 Å². The van der Waals surface area contributed by atoms with E-state index in [0.717, 1.165) is 19.1 Å². The fourth-order valence-electron chi connectivity index (χ4n) is 3.91. The molecule has 0 bridgehead atoms. The van der Waals surface area contributed by atoms with E-state index < -0.39 is 0 Å². The summed E-state index contributed by atoms with van der Waals surface area (Å²) >= 11 is 0. The lowest BCUT2D eigenvalue weighted by Gasteiger charge is -2.33. The molecule has 1 aliphatic heterocycles. The van der Waals surface area contributed by atoms with Gasteiger partial charge in [0.1, 0.15) is 0 Å². The highest BCUT2D eigenvalue weighted by atomic mass is 16.5. The lowest BCUT2D eigenvalue weighted by molar-refractivity contribution is 0.0136. The minimum atomic E-state index is 0.425. The summed E-state index contributed by atoms with van der Waals surface area (Å²) in [5.41, 5.74) is 1.46. The number of nitrogens with one attached hydrogen (secondary N) is 1. The van der Waals surface area contributed by atoms with Gasteiger partial charge in [-0.15, -0.1) is 0 Å². The second-order valence-electron chi connectivity index (χ2n) is 6.68. The maximum Gasteiger partial charge on any atom is 0.0699 e. The molecule has 2 atom stereocenters. The molecule has 0 amide bonds. The van der Waals surface area contributed by atoms with Gasteiger partial charge in [0.05, 0.1) is 6.10 Å². The molecule has 2 fully saturated rings. The normalized spacial score (nSPS) is 25.6. The Labute approximate surface area is 129 Å². The van der Waals surface area contributed by atoms with E-state index in [1.165, 1.54) is 56.9 Å². The van der Waals surface area contributed by atoms with Gasteiger partial charge in [-0.2, -0.15) is 0 Å². The molecule has 1 saturated carbocycles. The Bertz CT molecular complexity index is 393. The maximum atomic E-state index is 5.89. The summed E-state index contributed by atoms with van der Waals surface area (Å²) in [5.74, 6) is 0.796. The van der Waals surface area contributed by atoms with E-state index in [-0.39, 0.29) is 0 Å².